The van der Waals surface area contributed by atoms with E-state index in [1.807, 2.05) is 13.8 Å². The fourth-order valence-corrected chi connectivity index (χ4v) is 4.46. The molecule has 0 rings (SSSR count). The summed E-state index contributed by atoms with van der Waals surface area (Å²) in [7, 11) is -2.29. The molecular formula is C16H35O2P. The Bertz CT molecular complexity index is 233. The summed E-state index contributed by atoms with van der Waals surface area (Å²) in [6.45, 7) is 6.12. The zero-order valence-corrected chi connectivity index (χ0v) is 14.3. The van der Waals surface area contributed by atoms with Crippen molar-refractivity contribution in [3.05, 3.63) is 0 Å². The van der Waals surface area contributed by atoms with Crippen molar-refractivity contribution in [2.24, 2.45) is 0 Å². The number of hydrogen-bond acceptors (Lipinski definition) is 2. The second-order valence-corrected chi connectivity index (χ2v) is 9.45. The molecule has 0 aromatic heterocycles. The molecule has 0 aromatic rings. The predicted octanol–water partition coefficient (Wildman–Crippen LogP) is 5.63. The Morgan fingerprint density at radius 3 is 1.63 bits per heavy atom. The highest BCUT2D eigenvalue weighted by molar-refractivity contribution is 7.64. The lowest BCUT2D eigenvalue weighted by Crippen LogP contribution is -2.11. The van der Waals surface area contributed by atoms with Crippen LogP contribution in [0.15, 0.2) is 0 Å². The summed E-state index contributed by atoms with van der Waals surface area (Å²) in [5.74, 6) is -0.549. The largest absolute Gasteiger partial charge is 0.385 e. The van der Waals surface area contributed by atoms with Gasteiger partial charge in [0.25, 0.3) is 0 Å². The van der Waals surface area contributed by atoms with Crippen molar-refractivity contribution in [1.29, 1.82) is 0 Å². The highest BCUT2D eigenvalue weighted by Crippen LogP contribution is 2.50. The highest BCUT2D eigenvalue weighted by Gasteiger charge is 2.26. The average Bonchev–Trinajstić information content (AvgIpc) is 2.44. The van der Waals surface area contributed by atoms with Crippen molar-refractivity contribution in [3.8, 4) is 0 Å². The van der Waals surface area contributed by atoms with E-state index in [0.717, 1.165) is 12.8 Å². The fourth-order valence-electron chi connectivity index (χ4n) is 2.52. The number of aliphatic hydroxyl groups excluding tert-OH is 1. The van der Waals surface area contributed by atoms with Gasteiger partial charge in [-0.3, -0.25) is 0 Å². The summed E-state index contributed by atoms with van der Waals surface area (Å²) < 4.78 is 12.3. The summed E-state index contributed by atoms with van der Waals surface area (Å²) in [5.41, 5.74) is 0. The summed E-state index contributed by atoms with van der Waals surface area (Å²) in [6.07, 6.45) is 13.6. The fraction of sp³-hybridized carbons (Fsp3) is 1.00. The van der Waals surface area contributed by atoms with Gasteiger partial charge in [0.05, 0.1) is 0 Å². The first-order valence-electron chi connectivity index (χ1n) is 8.36. The van der Waals surface area contributed by atoms with Gasteiger partial charge in [0.15, 0.2) is 0 Å². The van der Waals surface area contributed by atoms with Crippen LogP contribution in [-0.4, -0.2) is 23.3 Å². The van der Waals surface area contributed by atoms with E-state index in [2.05, 4.69) is 6.92 Å². The monoisotopic (exact) mass is 290 g/mol. The standard InChI is InChI=1S/C16H35O2P/c1-4-7-8-9-10-11-12-13-14-15-16(17)19(18,5-2)6-3/h16-17H,4-15H2,1-3H3. The van der Waals surface area contributed by atoms with Crippen molar-refractivity contribution < 1.29 is 9.67 Å². The highest BCUT2D eigenvalue weighted by atomic mass is 31.2. The second kappa shape index (κ2) is 12.0. The summed E-state index contributed by atoms with van der Waals surface area (Å²) >= 11 is 0. The van der Waals surface area contributed by atoms with Gasteiger partial charge >= 0.3 is 0 Å². The molecule has 0 saturated heterocycles. The van der Waals surface area contributed by atoms with Crippen molar-refractivity contribution in [2.75, 3.05) is 12.3 Å². The maximum atomic E-state index is 12.3. The van der Waals surface area contributed by atoms with Crippen LogP contribution in [0.25, 0.3) is 0 Å². The van der Waals surface area contributed by atoms with Gasteiger partial charge in [0, 0.05) is 12.3 Å². The van der Waals surface area contributed by atoms with Crippen molar-refractivity contribution in [3.63, 3.8) is 0 Å². The molecule has 0 bridgehead atoms. The molecule has 0 heterocycles. The van der Waals surface area contributed by atoms with E-state index in [-0.39, 0.29) is 0 Å². The third kappa shape index (κ3) is 8.87. The maximum Gasteiger partial charge on any atom is 0.114 e. The van der Waals surface area contributed by atoms with E-state index < -0.39 is 13.0 Å². The molecule has 19 heavy (non-hydrogen) atoms. The van der Waals surface area contributed by atoms with Gasteiger partial charge in [-0.1, -0.05) is 78.6 Å². The Morgan fingerprint density at radius 2 is 1.21 bits per heavy atom. The van der Waals surface area contributed by atoms with Crippen molar-refractivity contribution >= 4 is 7.14 Å². The van der Waals surface area contributed by atoms with Gasteiger partial charge in [-0.2, -0.15) is 0 Å². The van der Waals surface area contributed by atoms with Crippen molar-refractivity contribution in [1.82, 2.24) is 0 Å². The van der Waals surface area contributed by atoms with E-state index in [1.54, 1.807) is 0 Å². The minimum atomic E-state index is -2.29. The van der Waals surface area contributed by atoms with Gasteiger partial charge in [-0.15, -0.1) is 0 Å². The normalized spacial score (nSPS) is 13.7. The Labute approximate surface area is 120 Å². The third-order valence-corrected chi connectivity index (χ3v) is 7.67. The van der Waals surface area contributed by atoms with E-state index >= 15 is 0 Å². The van der Waals surface area contributed by atoms with Crippen LogP contribution in [0, 0.1) is 0 Å². The molecule has 0 aromatic carbocycles. The summed E-state index contributed by atoms with van der Waals surface area (Å²) in [5, 5.41) is 10.0. The SMILES string of the molecule is CCCCCCCCCCCC(O)P(=O)(CC)CC. The van der Waals surface area contributed by atoms with Crippen LogP contribution in [0.5, 0.6) is 0 Å². The van der Waals surface area contributed by atoms with Gasteiger partial charge in [-0.05, 0) is 6.42 Å². The molecule has 1 N–H and O–H groups in total. The minimum Gasteiger partial charge on any atom is -0.385 e. The topological polar surface area (TPSA) is 37.3 Å². The van der Waals surface area contributed by atoms with E-state index in [0.29, 0.717) is 12.3 Å². The molecule has 0 radical (unpaired) electrons. The average molecular weight is 290 g/mol. The Morgan fingerprint density at radius 1 is 0.789 bits per heavy atom. The molecule has 0 aliphatic heterocycles. The molecule has 0 aliphatic rings. The van der Waals surface area contributed by atoms with Crippen LogP contribution in [0.2, 0.25) is 0 Å². The Balaban J connectivity index is 3.46. The molecule has 116 valence electrons. The Kier molecular flexibility index (Phi) is 12.1. The van der Waals surface area contributed by atoms with Crippen LogP contribution < -0.4 is 0 Å². The van der Waals surface area contributed by atoms with Crippen LogP contribution in [0.3, 0.4) is 0 Å². The van der Waals surface area contributed by atoms with Gasteiger partial charge in [0.1, 0.15) is 13.0 Å². The number of hydrogen-bond donors (Lipinski definition) is 1. The lowest BCUT2D eigenvalue weighted by molar-refractivity contribution is 0.231. The molecule has 0 saturated carbocycles. The van der Waals surface area contributed by atoms with Gasteiger partial charge in [0.2, 0.25) is 0 Å². The number of aliphatic hydroxyl groups is 1. The van der Waals surface area contributed by atoms with E-state index in [9.17, 15) is 9.67 Å². The minimum absolute atomic E-state index is 0.549. The molecule has 0 spiro atoms. The van der Waals surface area contributed by atoms with Crippen LogP contribution in [0.4, 0.5) is 0 Å². The molecule has 2 nitrogen and oxygen atoms in total. The van der Waals surface area contributed by atoms with E-state index in [4.69, 9.17) is 0 Å². The zero-order valence-electron chi connectivity index (χ0n) is 13.4. The molecule has 0 amide bonds. The second-order valence-electron chi connectivity index (χ2n) is 5.68. The lowest BCUT2D eigenvalue weighted by Gasteiger charge is -2.21. The molecule has 3 heteroatoms. The first kappa shape index (κ1) is 19.2. The number of rotatable bonds is 13. The van der Waals surface area contributed by atoms with Gasteiger partial charge in [-0.25, -0.2) is 0 Å². The first-order chi connectivity index (χ1) is 9.10. The summed E-state index contributed by atoms with van der Waals surface area (Å²) in [4.78, 5) is 0. The predicted molar refractivity (Wildman–Crippen MR) is 86.5 cm³/mol. The third-order valence-electron chi connectivity index (χ3n) is 4.18. The van der Waals surface area contributed by atoms with Gasteiger partial charge < -0.3 is 9.67 Å². The van der Waals surface area contributed by atoms with Crippen LogP contribution in [0.1, 0.15) is 85.0 Å². The Hall–Kier alpha value is 0.190. The molecule has 0 fully saturated rings. The summed E-state index contributed by atoms with van der Waals surface area (Å²) in [6, 6.07) is 0. The zero-order chi connectivity index (χ0) is 14.6. The maximum absolute atomic E-state index is 12.3. The smallest absolute Gasteiger partial charge is 0.114 e. The number of unbranched alkanes of at least 4 members (excludes halogenated alkanes) is 8. The quantitative estimate of drug-likeness (QED) is 0.352. The lowest BCUT2D eigenvalue weighted by atomic mass is 10.1. The first-order valence-corrected chi connectivity index (χ1v) is 10.5. The molecule has 1 unspecified atom stereocenters. The molecular weight excluding hydrogens is 255 g/mol. The van der Waals surface area contributed by atoms with Crippen molar-refractivity contribution in [2.45, 2.75) is 90.8 Å². The van der Waals surface area contributed by atoms with Crippen LogP contribution in [-0.2, 0) is 4.57 Å². The van der Waals surface area contributed by atoms with Crippen LogP contribution >= 0.6 is 7.14 Å². The molecule has 1 atom stereocenters. The van der Waals surface area contributed by atoms with E-state index in [1.165, 1.54) is 51.4 Å². The molecule has 0 aliphatic carbocycles.